The van der Waals surface area contributed by atoms with Crippen LogP contribution >= 0.6 is 0 Å². The number of piperazine rings is 1. The second-order valence-electron chi connectivity index (χ2n) is 6.71. The van der Waals surface area contributed by atoms with E-state index in [1.165, 1.54) is 4.31 Å². The normalized spacial score (nSPS) is 15.5. The lowest BCUT2D eigenvalue weighted by atomic mass is 10.1. The first-order chi connectivity index (χ1) is 13.2. The Morgan fingerprint density at radius 3 is 2.07 bits per heavy atom. The van der Waals surface area contributed by atoms with E-state index in [9.17, 15) is 22.0 Å². The Morgan fingerprint density at radius 1 is 0.929 bits per heavy atom. The van der Waals surface area contributed by atoms with Gasteiger partial charge < -0.3 is 9.80 Å². The highest BCUT2D eigenvalue weighted by Crippen LogP contribution is 2.21. The molecule has 9 heteroatoms. The Hall–Kier alpha value is -2.52. The third-order valence-corrected chi connectivity index (χ3v) is 6.58. The molecule has 150 valence electrons. The molecule has 0 aliphatic carbocycles. The summed E-state index contributed by atoms with van der Waals surface area (Å²) >= 11 is 0. The van der Waals surface area contributed by atoms with Crippen LogP contribution in [0.15, 0.2) is 47.4 Å². The molecule has 2 aromatic carbocycles. The van der Waals surface area contributed by atoms with E-state index < -0.39 is 21.7 Å². The maximum atomic E-state index is 13.4. The van der Waals surface area contributed by atoms with Crippen LogP contribution in [0.3, 0.4) is 0 Å². The monoisotopic (exact) mass is 409 g/mol. The summed E-state index contributed by atoms with van der Waals surface area (Å²) in [6.07, 6.45) is 0. The summed E-state index contributed by atoms with van der Waals surface area (Å²) in [4.78, 5) is 15.9. The molecule has 6 nitrogen and oxygen atoms in total. The van der Waals surface area contributed by atoms with Gasteiger partial charge in [-0.15, -0.1) is 0 Å². The van der Waals surface area contributed by atoms with E-state index in [2.05, 4.69) is 0 Å². The van der Waals surface area contributed by atoms with Gasteiger partial charge in [-0.05, 0) is 42.5 Å². The number of carbonyl (C=O) groups is 1. The standard InChI is InChI=1S/C19H21F2N3O3S/c1-22(2)15-5-3-14(4-6-15)19(25)23-9-11-24(12-10-23)28(26,27)16-7-8-17(20)18(21)13-16/h3-8,13H,9-12H2,1-2H3. The summed E-state index contributed by atoms with van der Waals surface area (Å²) in [7, 11) is -0.135. The van der Waals surface area contributed by atoms with Crippen molar-refractivity contribution in [1.29, 1.82) is 0 Å². The van der Waals surface area contributed by atoms with Gasteiger partial charge in [-0.3, -0.25) is 4.79 Å². The molecule has 0 radical (unpaired) electrons. The summed E-state index contributed by atoms with van der Waals surface area (Å²) in [6, 6.07) is 9.67. The summed E-state index contributed by atoms with van der Waals surface area (Å²) in [5.41, 5.74) is 1.50. The minimum Gasteiger partial charge on any atom is -0.378 e. The summed E-state index contributed by atoms with van der Waals surface area (Å²) in [5, 5.41) is 0. The van der Waals surface area contributed by atoms with Crippen LogP contribution in [0.25, 0.3) is 0 Å². The predicted molar refractivity (Wildman–Crippen MR) is 102 cm³/mol. The van der Waals surface area contributed by atoms with Crippen molar-refractivity contribution >= 4 is 21.6 Å². The topological polar surface area (TPSA) is 60.9 Å². The van der Waals surface area contributed by atoms with Crippen molar-refractivity contribution in [2.24, 2.45) is 0 Å². The van der Waals surface area contributed by atoms with Crippen LogP contribution in [0.5, 0.6) is 0 Å². The molecule has 28 heavy (non-hydrogen) atoms. The summed E-state index contributed by atoms with van der Waals surface area (Å²) in [6.45, 7) is 0.611. The number of rotatable bonds is 4. The molecule has 0 N–H and O–H groups in total. The lowest BCUT2D eigenvalue weighted by molar-refractivity contribution is 0.0698. The second kappa shape index (κ2) is 7.84. The van der Waals surface area contributed by atoms with Crippen molar-refractivity contribution in [3.63, 3.8) is 0 Å². The first kappa shape index (κ1) is 20.2. The fraction of sp³-hybridized carbons (Fsp3) is 0.316. The molecule has 3 rings (SSSR count). The van der Waals surface area contributed by atoms with Crippen LogP contribution in [-0.2, 0) is 10.0 Å². The van der Waals surface area contributed by atoms with Crippen LogP contribution in [0.2, 0.25) is 0 Å². The highest BCUT2D eigenvalue weighted by molar-refractivity contribution is 7.89. The van der Waals surface area contributed by atoms with E-state index in [4.69, 9.17) is 0 Å². The van der Waals surface area contributed by atoms with Gasteiger partial charge in [0.25, 0.3) is 5.91 Å². The maximum Gasteiger partial charge on any atom is 0.253 e. The Kier molecular flexibility index (Phi) is 5.66. The van der Waals surface area contributed by atoms with Crippen LogP contribution in [-0.4, -0.2) is 63.8 Å². The summed E-state index contributed by atoms with van der Waals surface area (Å²) < 4.78 is 52.9. The molecule has 2 aromatic rings. The number of hydrogen-bond acceptors (Lipinski definition) is 4. The zero-order valence-corrected chi connectivity index (χ0v) is 16.4. The van der Waals surface area contributed by atoms with Gasteiger partial charge in [0.05, 0.1) is 4.90 Å². The van der Waals surface area contributed by atoms with E-state index in [0.717, 1.165) is 17.8 Å². The lowest BCUT2D eigenvalue weighted by Gasteiger charge is -2.34. The van der Waals surface area contributed by atoms with Gasteiger partial charge in [0, 0.05) is 51.5 Å². The number of nitrogens with zero attached hydrogens (tertiary/aromatic N) is 3. The molecule has 1 heterocycles. The SMILES string of the molecule is CN(C)c1ccc(C(=O)N2CCN(S(=O)(=O)c3ccc(F)c(F)c3)CC2)cc1. The molecule has 1 fully saturated rings. The third kappa shape index (κ3) is 4.00. The van der Waals surface area contributed by atoms with Crippen molar-refractivity contribution in [1.82, 2.24) is 9.21 Å². The zero-order chi connectivity index (χ0) is 20.5. The highest BCUT2D eigenvalue weighted by Gasteiger charge is 2.31. The second-order valence-corrected chi connectivity index (χ2v) is 8.65. The molecular formula is C19H21F2N3O3S. The number of sulfonamides is 1. The van der Waals surface area contributed by atoms with E-state index in [-0.39, 0.29) is 37.0 Å². The van der Waals surface area contributed by atoms with Gasteiger partial charge in [0.15, 0.2) is 11.6 Å². The van der Waals surface area contributed by atoms with Gasteiger partial charge in [0.1, 0.15) is 0 Å². The third-order valence-electron chi connectivity index (χ3n) is 4.69. The molecule has 0 atom stereocenters. The fourth-order valence-corrected chi connectivity index (χ4v) is 4.44. The molecule has 0 spiro atoms. The van der Waals surface area contributed by atoms with Crippen molar-refractivity contribution < 1.29 is 22.0 Å². The quantitative estimate of drug-likeness (QED) is 0.777. The molecule has 1 saturated heterocycles. The van der Waals surface area contributed by atoms with E-state index in [1.54, 1.807) is 17.0 Å². The maximum absolute atomic E-state index is 13.4. The van der Waals surface area contributed by atoms with E-state index in [0.29, 0.717) is 11.6 Å². The minimum absolute atomic E-state index is 0.0862. The van der Waals surface area contributed by atoms with E-state index >= 15 is 0 Å². The van der Waals surface area contributed by atoms with Crippen LogP contribution in [0.4, 0.5) is 14.5 Å². The Morgan fingerprint density at radius 2 is 1.54 bits per heavy atom. The molecule has 0 aromatic heterocycles. The van der Waals surface area contributed by atoms with Gasteiger partial charge in [-0.25, -0.2) is 17.2 Å². The van der Waals surface area contributed by atoms with E-state index in [1.807, 2.05) is 31.1 Å². The van der Waals surface area contributed by atoms with Gasteiger partial charge in [0.2, 0.25) is 10.0 Å². The molecular weight excluding hydrogens is 388 g/mol. The average molecular weight is 409 g/mol. The van der Waals surface area contributed by atoms with Crippen LogP contribution in [0, 0.1) is 11.6 Å². The first-order valence-corrected chi connectivity index (χ1v) is 10.2. The van der Waals surface area contributed by atoms with Gasteiger partial charge in [-0.2, -0.15) is 4.31 Å². The number of benzene rings is 2. The molecule has 1 aliphatic rings. The zero-order valence-electron chi connectivity index (χ0n) is 15.6. The number of halogens is 2. The number of anilines is 1. The van der Waals surface area contributed by atoms with Crippen molar-refractivity contribution in [3.05, 3.63) is 59.7 Å². The van der Waals surface area contributed by atoms with Crippen LogP contribution in [0.1, 0.15) is 10.4 Å². The van der Waals surface area contributed by atoms with Crippen molar-refractivity contribution in [3.8, 4) is 0 Å². The Bertz CT molecular complexity index is 970. The molecule has 0 saturated carbocycles. The number of carbonyl (C=O) groups excluding carboxylic acids is 1. The van der Waals surface area contributed by atoms with Gasteiger partial charge >= 0.3 is 0 Å². The molecule has 0 bridgehead atoms. The minimum atomic E-state index is -3.95. The van der Waals surface area contributed by atoms with Gasteiger partial charge in [-0.1, -0.05) is 0 Å². The Labute approximate surface area is 163 Å². The largest absolute Gasteiger partial charge is 0.378 e. The van der Waals surface area contributed by atoms with Crippen molar-refractivity contribution in [2.45, 2.75) is 4.90 Å². The lowest BCUT2D eigenvalue weighted by Crippen LogP contribution is -2.50. The number of hydrogen-bond donors (Lipinski definition) is 0. The highest BCUT2D eigenvalue weighted by atomic mass is 32.2. The average Bonchev–Trinajstić information content (AvgIpc) is 2.69. The summed E-state index contributed by atoms with van der Waals surface area (Å²) in [5.74, 6) is -2.49. The molecule has 0 unspecified atom stereocenters. The first-order valence-electron chi connectivity index (χ1n) is 8.72. The molecule has 1 amide bonds. The smallest absolute Gasteiger partial charge is 0.253 e. The molecule has 1 aliphatic heterocycles. The predicted octanol–water partition coefficient (Wildman–Crippen LogP) is 2.18. The van der Waals surface area contributed by atoms with Crippen LogP contribution < -0.4 is 4.90 Å². The number of amides is 1. The van der Waals surface area contributed by atoms with Crippen molar-refractivity contribution in [2.75, 3.05) is 45.2 Å². The fourth-order valence-electron chi connectivity index (χ4n) is 3.00. The Balaban J connectivity index is 1.68.